The first-order valence-corrected chi connectivity index (χ1v) is 13.6. The van der Waals surface area contributed by atoms with Crippen LogP contribution in [0.3, 0.4) is 0 Å². The van der Waals surface area contributed by atoms with Crippen LogP contribution in [0.15, 0.2) is 57.5 Å². The molecule has 0 fully saturated rings. The first-order valence-electron chi connectivity index (χ1n) is 10.7. The summed E-state index contributed by atoms with van der Waals surface area (Å²) in [5.74, 6) is 0.942. The van der Waals surface area contributed by atoms with Crippen LogP contribution < -0.4 is 24.4 Å². The quantitative estimate of drug-likeness (QED) is 0.285. The van der Waals surface area contributed by atoms with E-state index in [0.29, 0.717) is 26.4 Å². The monoisotopic (exact) mass is 716 g/mol. The Hall–Kier alpha value is -2.19. The Balaban J connectivity index is 1.95. The normalized spacial score (nSPS) is 15.5. The van der Waals surface area contributed by atoms with E-state index >= 15 is 0 Å². The highest BCUT2D eigenvalue weighted by Gasteiger charge is 2.33. The first-order chi connectivity index (χ1) is 16.8. The van der Waals surface area contributed by atoms with Crippen molar-refractivity contribution in [1.82, 2.24) is 4.57 Å². The zero-order valence-corrected chi connectivity index (χ0v) is 24.6. The number of benzene rings is 2. The second-order valence-electron chi connectivity index (χ2n) is 7.60. The maximum absolute atomic E-state index is 13.7. The number of methoxy groups -OCH3 is 2. The average Bonchev–Trinajstić information content (AvgIpc) is 3.12. The van der Waals surface area contributed by atoms with Crippen molar-refractivity contribution in [2.24, 2.45) is 4.99 Å². The largest absolute Gasteiger partial charge is 0.497 e. The molecule has 2 aromatic carbocycles. The van der Waals surface area contributed by atoms with E-state index in [0.717, 1.165) is 24.0 Å². The lowest BCUT2D eigenvalue weighted by atomic mass is 9.95. The molecule has 0 saturated heterocycles. The maximum Gasteiger partial charge on any atom is 0.338 e. The molecule has 3 aromatic rings. The summed E-state index contributed by atoms with van der Waals surface area (Å²) < 4.78 is 20.2. The summed E-state index contributed by atoms with van der Waals surface area (Å²) in [7, 11) is 3.22. The van der Waals surface area contributed by atoms with E-state index in [2.05, 4.69) is 50.2 Å². The number of carbonyl (C=O) groups excluding carboxylic acids is 1. The van der Waals surface area contributed by atoms with Crippen molar-refractivity contribution in [2.75, 3.05) is 20.8 Å². The third-order valence-electron chi connectivity index (χ3n) is 5.45. The highest BCUT2D eigenvalue weighted by Crippen LogP contribution is 2.32. The molecule has 1 aliphatic heterocycles. The molecule has 35 heavy (non-hydrogen) atoms. The summed E-state index contributed by atoms with van der Waals surface area (Å²) in [6.45, 7) is 3.74. The predicted octanol–water partition coefficient (Wildman–Crippen LogP) is 4.02. The van der Waals surface area contributed by atoms with Gasteiger partial charge in [0.25, 0.3) is 5.56 Å². The fraction of sp³-hybridized carbons (Fsp3) is 0.240. The van der Waals surface area contributed by atoms with Crippen molar-refractivity contribution in [3.05, 3.63) is 85.6 Å². The summed E-state index contributed by atoms with van der Waals surface area (Å²) in [5.41, 5.74) is 2.26. The van der Waals surface area contributed by atoms with Gasteiger partial charge in [0.1, 0.15) is 11.5 Å². The Kier molecular flexibility index (Phi) is 8.01. The molecule has 7 nitrogen and oxygen atoms in total. The van der Waals surface area contributed by atoms with Crippen molar-refractivity contribution in [1.29, 1.82) is 0 Å². The van der Waals surface area contributed by atoms with Gasteiger partial charge in [0, 0.05) is 0 Å². The van der Waals surface area contributed by atoms with Crippen LogP contribution in [0.4, 0.5) is 0 Å². The van der Waals surface area contributed by atoms with E-state index in [1.54, 1.807) is 32.6 Å². The van der Waals surface area contributed by atoms with Crippen LogP contribution >= 0.6 is 56.5 Å². The summed E-state index contributed by atoms with van der Waals surface area (Å²) in [6, 6.07) is 10.6. The van der Waals surface area contributed by atoms with Crippen molar-refractivity contribution in [3.8, 4) is 11.5 Å². The van der Waals surface area contributed by atoms with Gasteiger partial charge in [-0.05, 0) is 100 Å². The number of fused-ring (bicyclic) bond motifs is 1. The third-order valence-corrected chi connectivity index (χ3v) is 8.03. The van der Waals surface area contributed by atoms with E-state index in [-0.39, 0.29) is 12.2 Å². The summed E-state index contributed by atoms with van der Waals surface area (Å²) in [5, 5.41) is 0. The first kappa shape index (κ1) is 25.9. The van der Waals surface area contributed by atoms with Gasteiger partial charge in [-0.2, -0.15) is 0 Å². The van der Waals surface area contributed by atoms with E-state index in [1.165, 1.54) is 11.3 Å². The molecule has 0 amide bonds. The minimum Gasteiger partial charge on any atom is -0.497 e. The number of aromatic nitrogens is 1. The smallest absolute Gasteiger partial charge is 0.338 e. The molecule has 0 spiro atoms. The van der Waals surface area contributed by atoms with E-state index in [9.17, 15) is 9.59 Å². The minimum atomic E-state index is -0.682. The van der Waals surface area contributed by atoms with Gasteiger partial charge >= 0.3 is 5.97 Å². The number of hydrogen-bond donors (Lipinski definition) is 0. The third kappa shape index (κ3) is 5.05. The van der Waals surface area contributed by atoms with Crippen LogP contribution in [0, 0.1) is 7.14 Å². The van der Waals surface area contributed by atoms with Crippen LogP contribution in [-0.2, 0) is 9.53 Å². The number of allylic oxidation sites excluding steroid dienone is 1. The number of ether oxygens (including phenoxy) is 3. The molecule has 4 rings (SSSR count). The number of thiazole rings is 1. The topological polar surface area (TPSA) is 79.1 Å². The molecule has 1 aromatic heterocycles. The molecule has 1 unspecified atom stereocenters. The summed E-state index contributed by atoms with van der Waals surface area (Å²) in [4.78, 5) is 31.9. The minimum absolute atomic E-state index is 0.222. The second kappa shape index (κ2) is 10.8. The number of rotatable bonds is 6. The summed E-state index contributed by atoms with van der Waals surface area (Å²) >= 11 is 5.73. The second-order valence-corrected chi connectivity index (χ2v) is 10.9. The number of hydrogen-bond acceptors (Lipinski definition) is 7. The van der Waals surface area contributed by atoms with Gasteiger partial charge in [-0.25, -0.2) is 9.79 Å². The number of nitrogens with zero attached hydrogens (tertiary/aromatic N) is 2. The molecule has 1 aliphatic rings. The van der Waals surface area contributed by atoms with Gasteiger partial charge in [0.05, 0.1) is 49.8 Å². The van der Waals surface area contributed by atoms with E-state index in [4.69, 9.17) is 14.2 Å². The highest BCUT2D eigenvalue weighted by molar-refractivity contribution is 14.1. The van der Waals surface area contributed by atoms with Crippen molar-refractivity contribution in [3.63, 3.8) is 0 Å². The van der Waals surface area contributed by atoms with Gasteiger partial charge in [-0.1, -0.05) is 23.5 Å². The Labute approximate surface area is 233 Å². The fourth-order valence-corrected chi connectivity index (χ4v) is 7.23. The molecule has 1 atom stereocenters. The van der Waals surface area contributed by atoms with Gasteiger partial charge in [0.2, 0.25) is 0 Å². The lowest BCUT2D eigenvalue weighted by molar-refractivity contribution is -0.139. The van der Waals surface area contributed by atoms with Crippen LogP contribution in [0.1, 0.15) is 31.0 Å². The maximum atomic E-state index is 13.7. The van der Waals surface area contributed by atoms with Crippen LogP contribution in [-0.4, -0.2) is 31.4 Å². The molecule has 10 heteroatoms. The predicted molar refractivity (Wildman–Crippen MR) is 152 cm³/mol. The van der Waals surface area contributed by atoms with Crippen molar-refractivity contribution in [2.45, 2.75) is 19.9 Å². The Morgan fingerprint density at radius 3 is 2.51 bits per heavy atom. The van der Waals surface area contributed by atoms with Crippen molar-refractivity contribution >= 4 is 68.6 Å². The molecule has 0 N–H and O–H groups in total. The molecule has 0 saturated carbocycles. The molecule has 182 valence electrons. The molecular weight excluding hydrogens is 694 g/mol. The number of carbonyl (C=O) groups is 1. The van der Waals surface area contributed by atoms with Gasteiger partial charge < -0.3 is 14.2 Å². The van der Waals surface area contributed by atoms with E-state index in [1.807, 2.05) is 42.5 Å². The van der Waals surface area contributed by atoms with Crippen LogP contribution in [0.2, 0.25) is 0 Å². The zero-order chi connectivity index (χ0) is 25.3. The SMILES string of the molecule is CCOC(=O)C1=C(C)N=c2s/c(=C\c3cc(I)c(OC)c(I)c3)c(=O)n2C1c1cccc(OC)c1. The molecule has 0 bridgehead atoms. The Morgan fingerprint density at radius 2 is 1.89 bits per heavy atom. The van der Waals surface area contributed by atoms with Crippen molar-refractivity contribution < 1.29 is 19.0 Å². The fourth-order valence-electron chi connectivity index (χ4n) is 3.93. The highest BCUT2D eigenvalue weighted by atomic mass is 127. The van der Waals surface area contributed by atoms with Crippen LogP contribution in [0.5, 0.6) is 11.5 Å². The standard InChI is InChI=1S/C25H22I2N2O5S/c1-5-34-24(31)20-13(2)28-25-29(21(20)15-7-6-8-16(12-15)32-3)23(30)19(35-25)11-14-9-17(26)22(33-4)18(27)10-14/h6-12,21H,5H2,1-4H3/b19-11-. The number of esters is 1. The lowest BCUT2D eigenvalue weighted by Crippen LogP contribution is -2.39. The van der Waals surface area contributed by atoms with Gasteiger partial charge in [-0.3, -0.25) is 9.36 Å². The molecular formula is C25H22I2N2O5S. The van der Waals surface area contributed by atoms with Gasteiger partial charge in [-0.15, -0.1) is 0 Å². The molecule has 0 aliphatic carbocycles. The Morgan fingerprint density at radius 1 is 1.17 bits per heavy atom. The summed E-state index contributed by atoms with van der Waals surface area (Å²) in [6.07, 6.45) is 1.85. The lowest BCUT2D eigenvalue weighted by Gasteiger charge is -2.25. The average molecular weight is 716 g/mol. The molecule has 0 radical (unpaired) electrons. The Bertz CT molecular complexity index is 1500. The number of halogens is 2. The van der Waals surface area contributed by atoms with Gasteiger partial charge in [0.15, 0.2) is 4.80 Å². The zero-order valence-electron chi connectivity index (χ0n) is 19.4. The molecule has 2 heterocycles. The van der Waals surface area contributed by atoms with E-state index < -0.39 is 12.0 Å². The van der Waals surface area contributed by atoms with Crippen LogP contribution in [0.25, 0.3) is 6.08 Å².